The van der Waals surface area contributed by atoms with E-state index in [0.717, 1.165) is 60.7 Å². The monoisotopic (exact) mass is 918 g/mol. The highest BCUT2D eigenvalue weighted by molar-refractivity contribution is 6.12. The Morgan fingerprint density at radius 3 is 1.47 bits per heavy atom. The lowest BCUT2D eigenvalue weighted by atomic mass is 10.0. The Bertz CT molecular complexity index is 3390. The third-order valence-corrected chi connectivity index (χ3v) is 11.9. The number of para-hydroxylation sites is 2. The summed E-state index contributed by atoms with van der Waals surface area (Å²) in [5.41, 5.74) is 9.66. The number of anilines is 2. The van der Waals surface area contributed by atoms with Crippen molar-refractivity contribution in [1.29, 1.82) is 0 Å². The average Bonchev–Trinajstić information content (AvgIpc) is 3.42. The molecule has 9 aromatic carbocycles. The van der Waals surface area contributed by atoms with E-state index >= 15 is 0 Å². The molecule has 10 nitrogen and oxygen atoms in total. The van der Waals surface area contributed by atoms with Gasteiger partial charge in [-0.15, -0.1) is 10.2 Å². The van der Waals surface area contributed by atoms with Crippen molar-refractivity contribution in [3.8, 4) is 11.5 Å². The number of hydrogen-bond donors (Lipinski definition) is 0. The minimum absolute atomic E-state index is 0.212. The van der Waals surface area contributed by atoms with Gasteiger partial charge >= 0.3 is 0 Å². The predicted octanol–water partition coefficient (Wildman–Crippen LogP) is 16.0. The lowest BCUT2D eigenvalue weighted by molar-refractivity contribution is 0.0990. The largest absolute Gasteiger partial charge is 0.494 e. The van der Waals surface area contributed by atoms with E-state index in [1.54, 1.807) is 31.2 Å². The Morgan fingerprint density at radius 2 is 0.943 bits per heavy atom. The first-order valence-electron chi connectivity index (χ1n) is 22.8. The summed E-state index contributed by atoms with van der Waals surface area (Å²) in [6, 6.07) is 63.3. The zero-order valence-electron chi connectivity index (χ0n) is 39.3. The molecule has 70 heavy (non-hydrogen) atoms. The van der Waals surface area contributed by atoms with Gasteiger partial charge in [0.15, 0.2) is 11.5 Å². The van der Waals surface area contributed by atoms with E-state index in [9.17, 15) is 4.79 Å². The number of hydroxylamine groups is 1. The highest BCUT2D eigenvalue weighted by atomic mass is 16.7. The number of methoxy groups -OCH3 is 2. The van der Waals surface area contributed by atoms with Crippen LogP contribution in [0.25, 0.3) is 45.8 Å². The van der Waals surface area contributed by atoms with E-state index in [1.165, 1.54) is 0 Å². The molecule has 9 aromatic rings. The van der Waals surface area contributed by atoms with Gasteiger partial charge in [-0.3, -0.25) is 14.7 Å². The quantitative estimate of drug-likeness (QED) is 0.0546. The molecule has 0 radical (unpaired) electrons. The van der Waals surface area contributed by atoms with Crippen LogP contribution in [0, 0.1) is 0 Å². The van der Waals surface area contributed by atoms with Crippen LogP contribution in [0.5, 0.6) is 11.5 Å². The maximum absolute atomic E-state index is 13.8. The number of carbonyl (C=O) groups excluding carboxylic acids is 1. The van der Waals surface area contributed by atoms with Crippen molar-refractivity contribution in [3.05, 3.63) is 228 Å². The lowest BCUT2D eigenvalue weighted by Gasteiger charge is -2.20. The number of amides is 1. The molecule has 0 fully saturated rings. The lowest BCUT2D eigenvalue weighted by Crippen LogP contribution is -2.26. The van der Waals surface area contributed by atoms with Gasteiger partial charge < -0.3 is 14.4 Å². The third kappa shape index (κ3) is 10.6. The highest BCUT2D eigenvalue weighted by Crippen LogP contribution is 2.42. The molecule has 0 unspecified atom stereocenters. The molecule has 10 heteroatoms. The number of hydrogen-bond acceptors (Lipinski definition) is 9. The fourth-order valence-corrected chi connectivity index (χ4v) is 8.11. The molecule has 9 rings (SSSR count). The molecule has 0 atom stereocenters. The summed E-state index contributed by atoms with van der Waals surface area (Å²) in [5, 5.41) is 24.1. The summed E-state index contributed by atoms with van der Waals surface area (Å²) >= 11 is 0. The second-order valence-electron chi connectivity index (χ2n) is 16.4. The Kier molecular flexibility index (Phi) is 14.3. The number of fused-ring (bicyclic) bond motifs is 2. The van der Waals surface area contributed by atoms with Crippen molar-refractivity contribution >= 4 is 85.9 Å². The van der Waals surface area contributed by atoms with Crippen LogP contribution in [0.15, 0.2) is 215 Å². The van der Waals surface area contributed by atoms with Gasteiger partial charge in [0.05, 0.1) is 36.8 Å². The maximum Gasteiger partial charge on any atom is 0.261 e. The first-order chi connectivity index (χ1) is 34.4. The SMILES string of the molecule is COc1c(CON(C)c2ccccc2)cc2ccccc2c1N=Nc1ccc(C=Cc2ccccc2C=Cc2ccc(N=Nc3c(OC)c(C(=O)N(C)c4ccccc4)cc4ccccc34)cc2)cc1. The molecule has 0 aliphatic rings. The normalized spacial score (nSPS) is 11.7. The summed E-state index contributed by atoms with van der Waals surface area (Å²) in [6.45, 7) is 0.287. The Hall–Kier alpha value is -8.99. The molecule has 0 N–H and O–H groups in total. The van der Waals surface area contributed by atoms with Gasteiger partial charge in [-0.25, -0.2) is 0 Å². The summed E-state index contributed by atoms with van der Waals surface area (Å²) in [7, 11) is 6.83. The second kappa shape index (κ2) is 21.8. The van der Waals surface area contributed by atoms with Crippen LogP contribution in [0.3, 0.4) is 0 Å². The first-order valence-corrected chi connectivity index (χ1v) is 22.8. The summed E-state index contributed by atoms with van der Waals surface area (Å²) < 4.78 is 11.8. The van der Waals surface area contributed by atoms with E-state index in [-0.39, 0.29) is 12.5 Å². The molecule has 0 aromatic heterocycles. The smallest absolute Gasteiger partial charge is 0.261 e. The van der Waals surface area contributed by atoms with Crippen LogP contribution in [0.4, 0.5) is 34.1 Å². The van der Waals surface area contributed by atoms with E-state index < -0.39 is 0 Å². The first kappa shape index (κ1) is 46.1. The van der Waals surface area contributed by atoms with Gasteiger partial charge in [0, 0.05) is 36.1 Å². The number of benzene rings is 9. The molecule has 1 amide bonds. The van der Waals surface area contributed by atoms with Crippen molar-refractivity contribution in [1.82, 2.24) is 0 Å². The van der Waals surface area contributed by atoms with Gasteiger partial charge in [0.2, 0.25) is 0 Å². The van der Waals surface area contributed by atoms with Crippen molar-refractivity contribution in [2.24, 2.45) is 20.5 Å². The zero-order chi connectivity index (χ0) is 48.2. The van der Waals surface area contributed by atoms with Gasteiger partial charge in [-0.2, -0.15) is 10.2 Å². The molecule has 0 aliphatic carbocycles. The van der Waals surface area contributed by atoms with E-state index in [1.807, 2.05) is 177 Å². The van der Waals surface area contributed by atoms with Gasteiger partial charge in [-0.1, -0.05) is 158 Å². The van der Waals surface area contributed by atoms with Crippen molar-refractivity contribution < 1.29 is 19.1 Å². The summed E-state index contributed by atoms with van der Waals surface area (Å²) in [6.07, 6.45) is 8.38. The van der Waals surface area contributed by atoms with Gasteiger partial charge in [0.1, 0.15) is 18.0 Å². The predicted molar refractivity (Wildman–Crippen MR) is 285 cm³/mol. The van der Waals surface area contributed by atoms with Crippen molar-refractivity contribution in [2.75, 3.05) is 38.3 Å². The standard InChI is InChI=1S/C60H50N6O4/c1-65(51-21-7-5-8-22-51)60(67)55-40-47-20-14-16-26-54(47)57(59(55)69-4)64-62-50-37-31-43(32-38-50)28-34-45-18-12-11-17-44(45)33-27-42-29-35-49(36-30-42)61-63-56-53-25-15-13-19-46(53)39-48(58(56)68-3)41-70-66(2)52-23-9-6-10-24-52/h5-40H,41H2,1-4H3. The Balaban J connectivity index is 0.879. The molecule has 0 heterocycles. The fraction of sp³-hybridized carbons (Fsp3) is 0.0833. The average molecular weight is 919 g/mol. The number of nitrogens with zero attached hydrogens (tertiary/aromatic N) is 6. The van der Waals surface area contributed by atoms with E-state index in [2.05, 4.69) is 63.9 Å². The van der Waals surface area contributed by atoms with Crippen LogP contribution >= 0.6 is 0 Å². The van der Waals surface area contributed by atoms with Crippen LogP contribution in [0.1, 0.15) is 38.2 Å². The molecular formula is C60H50N6O4. The number of ether oxygens (including phenoxy) is 2. The molecule has 0 saturated carbocycles. The molecule has 0 aliphatic heterocycles. The number of azo groups is 2. The molecule has 344 valence electrons. The summed E-state index contributed by atoms with van der Waals surface area (Å²) in [4.78, 5) is 21.6. The number of rotatable bonds is 16. The topological polar surface area (TPSA) is 101 Å². The molecule has 0 bridgehead atoms. The number of carbonyl (C=O) groups is 1. The maximum atomic E-state index is 13.8. The fourth-order valence-electron chi connectivity index (χ4n) is 8.11. The highest BCUT2D eigenvalue weighted by Gasteiger charge is 2.23. The molecule has 0 saturated heterocycles. The molecule has 0 spiro atoms. The summed E-state index contributed by atoms with van der Waals surface area (Å²) in [5.74, 6) is 0.771. The Morgan fingerprint density at radius 1 is 0.486 bits per heavy atom. The van der Waals surface area contributed by atoms with Crippen LogP contribution < -0.4 is 19.4 Å². The Labute approximate surface area is 407 Å². The van der Waals surface area contributed by atoms with Gasteiger partial charge in [-0.05, 0) is 93.7 Å². The zero-order valence-corrected chi connectivity index (χ0v) is 39.3. The minimum Gasteiger partial charge on any atom is -0.494 e. The van der Waals surface area contributed by atoms with Crippen LogP contribution in [-0.2, 0) is 11.4 Å². The van der Waals surface area contributed by atoms with E-state index in [4.69, 9.17) is 19.4 Å². The van der Waals surface area contributed by atoms with Gasteiger partial charge in [0.25, 0.3) is 5.91 Å². The molecular weight excluding hydrogens is 869 g/mol. The van der Waals surface area contributed by atoms with Crippen LogP contribution in [0.2, 0.25) is 0 Å². The van der Waals surface area contributed by atoms with E-state index in [0.29, 0.717) is 39.8 Å². The minimum atomic E-state index is -0.212. The third-order valence-electron chi connectivity index (χ3n) is 11.9. The second-order valence-corrected chi connectivity index (χ2v) is 16.4. The van der Waals surface area contributed by atoms with Crippen LogP contribution in [-0.4, -0.2) is 34.2 Å². The van der Waals surface area contributed by atoms with Crippen molar-refractivity contribution in [3.63, 3.8) is 0 Å². The van der Waals surface area contributed by atoms with Crippen molar-refractivity contribution in [2.45, 2.75) is 6.61 Å².